The monoisotopic (exact) mass is 376 g/mol. The first-order valence-electron chi connectivity index (χ1n) is 9.59. The molecule has 0 amide bonds. The summed E-state index contributed by atoms with van der Waals surface area (Å²) in [5.74, 6) is 0.763. The van der Waals surface area contributed by atoms with Gasteiger partial charge < -0.3 is 10.7 Å². The van der Waals surface area contributed by atoms with Gasteiger partial charge in [0.2, 0.25) is 0 Å². The Kier molecular flexibility index (Phi) is 4.39. The smallest absolute Gasteiger partial charge is 0.128 e. The van der Waals surface area contributed by atoms with Crippen LogP contribution in [-0.4, -0.2) is 15.0 Å². The van der Waals surface area contributed by atoms with E-state index in [2.05, 4.69) is 58.5 Å². The Labute approximate surface area is 169 Å². The Morgan fingerprint density at radius 3 is 2.10 bits per heavy atom. The minimum absolute atomic E-state index is 0.309. The number of hydrogen-bond donors (Lipinski definition) is 2. The average molecular weight is 376 g/mol. The Morgan fingerprint density at radius 1 is 0.690 bits per heavy atom. The van der Waals surface area contributed by atoms with E-state index in [0.29, 0.717) is 0 Å². The summed E-state index contributed by atoms with van der Waals surface area (Å²) in [6, 6.07) is 28.6. The van der Waals surface area contributed by atoms with Gasteiger partial charge in [-0.05, 0) is 52.1 Å². The summed E-state index contributed by atoms with van der Waals surface area (Å²) in [5, 5.41) is 0. The van der Waals surface area contributed by atoms with E-state index < -0.39 is 0 Å². The fraction of sp³-hybridized carbons (Fsp3) is 0.0400. The summed E-state index contributed by atoms with van der Waals surface area (Å²) < 4.78 is 0. The van der Waals surface area contributed by atoms with E-state index in [0.717, 1.165) is 33.5 Å². The van der Waals surface area contributed by atoms with Crippen LogP contribution in [0.3, 0.4) is 0 Å². The second-order valence-electron chi connectivity index (χ2n) is 7.06. The molecule has 2 heterocycles. The van der Waals surface area contributed by atoms with Crippen LogP contribution in [0.25, 0.3) is 33.3 Å². The zero-order valence-corrected chi connectivity index (χ0v) is 15.8. The van der Waals surface area contributed by atoms with Crippen molar-refractivity contribution in [1.82, 2.24) is 15.0 Å². The lowest BCUT2D eigenvalue weighted by molar-refractivity contribution is 0.806. The van der Waals surface area contributed by atoms with Crippen molar-refractivity contribution < 1.29 is 0 Å². The molecule has 0 bridgehead atoms. The number of aromatic nitrogens is 3. The minimum atomic E-state index is -0.309. The van der Waals surface area contributed by atoms with Gasteiger partial charge >= 0.3 is 0 Å². The molecule has 0 fully saturated rings. The molecule has 29 heavy (non-hydrogen) atoms. The molecule has 0 aliphatic carbocycles. The summed E-state index contributed by atoms with van der Waals surface area (Å²) in [5.41, 5.74) is 14.0. The predicted molar refractivity (Wildman–Crippen MR) is 117 cm³/mol. The van der Waals surface area contributed by atoms with Crippen molar-refractivity contribution in [1.29, 1.82) is 0 Å². The first-order valence-corrected chi connectivity index (χ1v) is 9.59. The number of pyridine rings is 1. The number of nitrogens with one attached hydrogen (secondary N) is 1. The largest absolute Gasteiger partial charge is 0.340 e. The number of nitrogens with zero attached hydrogens (tertiary/aromatic N) is 2. The molecule has 0 aliphatic rings. The second-order valence-corrected chi connectivity index (χ2v) is 7.06. The number of nitrogens with two attached hydrogens (primary N) is 1. The van der Waals surface area contributed by atoms with Crippen molar-refractivity contribution in [3.63, 3.8) is 0 Å². The Hall–Kier alpha value is -3.76. The lowest BCUT2D eigenvalue weighted by Crippen LogP contribution is -2.13. The van der Waals surface area contributed by atoms with Crippen molar-refractivity contribution in [2.75, 3.05) is 0 Å². The highest BCUT2D eigenvalue weighted by molar-refractivity contribution is 5.82. The zero-order valence-electron chi connectivity index (χ0n) is 15.8. The molecule has 0 saturated carbocycles. The van der Waals surface area contributed by atoms with Gasteiger partial charge in [0.15, 0.2) is 0 Å². The number of fused-ring (bicyclic) bond motifs is 1. The van der Waals surface area contributed by atoms with E-state index in [1.165, 1.54) is 11.1 Å². The van der Waals surface area contributed by atoms with E-state index in [1.54, 1.807) is 12.4 Å². The molecule has 5 rings (SSSR count). The molecule has 1 unspecified atom stereocenters. The van der Waals surface area contributed by atoms with Gasteiger partial charge in [0, 0.05) is 12.4 Å². The first kappa shape index (κ1) is 17.3. The molecule has 140 valence electrons. The van der Waals surface area contributed by atoms with Gasteiger partial charge in [-0.15, -0.1) is 0 Å². The molecule has 0 spiro atoms. The van der Waals surface area contributed by atoms with Crippen molar-refractivity contribution in [2.24, 2.45) is 5.73 Å². The zero-order chi connectivity index (χ0) is 19.6. The first-order chi connectivity index (χ1) is 14.3. The van der Waals surface area contributed by atoms with Crippen LogP contribution in [0.5, 0.6) is 0 Å². The Bertz CT molecular complexity index is 1240. The van der Waals surface area contributed by atoms with Crippen molar-refractivity contribution in [2.45, 2.75) is 6.04 Å². The summed E-state index contributed by atoms with van der Waals surface area (Å²) in [7, 11) is 0. The van der Waals surface area contributed by atoms with Gasteiger partial charge in [-0.25, -0.2) is 4.98 Å². The number of rotatable bonds is 4. The normalized spacial score (nSPS) is 12.2. The highest BCUT2D eigenvalue weighted by Crippen LogP contribution is 2.27. The number of H-pyrrole nitrogens is 1. The number of imidazole rings is 1. The molecule has 3 N–H and O–H groups in total. The fourth-order valence-electron chi connectivity index (χ4n) is 3.57. The van der Waals surface area contributed by atoms with Crippen LogP contribution in [0.1, 0.15) is 17.4 Å². The van der Waals surface area contributed by atoms with Crippen LogP contribution < -0.4 is 5.73 Å². The highest BCUT2D eigenvalue weighted by Gasteiger charge is 2.14. The maximum atomic E-state index is 6.52. The van der Waals surface area contributed by atoms with Gasteiger partial charge in [-0.2, -0.15) is 0 Å². The predicted octanol–water partition coefficient (Wildman–Crippen LogP) is 5.34. The van der Waals surface area contributed by atoms with E-state index >= 15 is 0 Å². The summed E-state index contributed by atoms with van der Waals surface area (Å²) in [6.07, 6.45) is 3.60. The SMILES string of the molecule is NC(c1ccc(-c2ccccc2)cc1)c1nc2ccc(-c3ccncc3)cc2[nH]1. The van der Waals surface area contributed by atoms with Gasteiger partial charge in [-0.3, -0.25) is 4.98 Å². The number of hydrogen-bond acceptors (Lipinski definition) is 3. The van der Waals surface area contributed by atoms with Gasteiger partial charge in [-0.1, -0.05) is 60.7 Å². The van der Waals surface area contributed by atoms with E-state index in [9.17, 15) is 0 Å². The van der Waals surface area contributed by atoms with Crippen molar-refractivity contribution >= 4 is 11.0 Å². The molecule has 1 atom stereocenters. The summed E-state index contributed by atoms with van der Waals surface area (Å²) >= 11 is 0. The number of aromatic amines is 1. The maximum Gasteiger partial charge on any atom is 0.128 e. The molecule has 3 aromatic carbocycles. The third kappa shape index (κ3) is 3.42. The van der Waals surface area contributed by atoms with Crippen LogP contribution in [0.15, 0.2) is 97.3 Å². The molecular formula is C25H20N4. The molecule has 0 aliphatic heterocycles. The standard InChI is InChI=1S/C25H20N4/c26-24(20-8-6-18(7-9-20)17-4-2-1-3-5-17)25-28-22-11-10-21(16-23(22)29-25)19-12-14-27-15-13-19/h1-16,24H,26H2,(H,28,29). The molecule has 5 aromatic rings. The molecule has 0 saturated heterocycles. The lowest BCUT2D eigenvalue weighted by Gasteiger charge is -2.10. The molecule has 0 radical (unpaired) electrons. The third-order valence-corrected chi connectivity index (χ3v) is 5.19. The third-order valence-electron chi connectivity index (χ3n) is 5.19. The van der Waals surface area contributed by atoms with Gasteiger partial charge in [0.05, 0.1) is 17.1 Å². The quantitative estimate of drug-likeness (QED) is 0.445. The molecule has 4 nitrogen and oxygen atoms in total. The van der Waals surface area contributed by atoms with Crippen molar-refractivity contribution in [3.05, 3.63) is 109 Å². The Balaban J connectivity index is 1.44. The van der Waals surface area contributed by atoms with Gasteiger partial charge in [0.1, 0.15) is 5.82 Å². The second kappa shape index (κ2) is 7.34. The van der Waals surface area contributed by atoms with E-state index in [-0.39, 0.29) is 6.04 Å². The summed E-state index contributed by atoms with van der Waals surface area (Å²) in [6.45, 7) is 0. The van der Waals surface area contributed by atoms with Crippen molar-refractivity contribution in [3.8, 4) is 22.3 Å². The molecular weight excluding hydrogens is 356 g/mol. The number of benzene rings is 3. The van der Waals surface area contributed by atoms with Crippen LogP contribution >= 0.6 is 0 Å². The fourth-order valence-corrected chi connectivity index (χ4v) is 3.57. The van der Waals surface area contributed by atoms with Crippen LogP contribution in [-0.2, 0) is 0 Å². The maximum absolute atomic E-state index is 6.52. The Morgan fingerprint density at radius 2 is 1.34 bits per heavy atom. The average Bonchev–Trinajstić information content (AvgIpc) is 3.23. The molecule has 2 aromatic heterocycles. The minimum Gasteiger partial charge on any atom is -0.340 e. The lowest BCUT2D eigenvalue weighted by atomic mass is 10.0. The van der Waals surface area contributed by atoms with E-state index in [1.807, 2.05) is 36.4 Å². The van der Waals surface area contributed by atoms with Crippen LogP contribution in [0.4, 0.5) is 0 Å². The topological polar surface area (TPSA) is 67.6 Å². The summed E-state index contributed by atoms with van der Waals surface area (Å²) in [4.78, 5) is 12.2. The van der Waals surface area contributed by atoms with Crippen LogP contribution in [0.2, 0.25) is 0 Å². The highest BCUT2D eigenvalue weighted by atomic mass is 15.0. The van der Waals surface area contributed by atoms with Gasteiger partial charge in [0.25, 0.3) is 0 Å². The molecule has 4 heteroatoms. The van der Waals surface area contributed by atoms with Crippen LogP contribution in [0, 0.1) is 0 Å². The van der Waals surface area contributed by atoms with E-state index in [4.69, 9.17) is 10.7 Å².